The molecule has 0 saturated heterocycles. The molecule has 0 aromatic carbocycles. The highest BCUT2D eigenvalue weighted by Crippen LogP contribution is 2.06. The summed E-state index contributed by atoms with van der Waals surface area (Å²) in [6, 6.07) is 0. The summed E-state index contributed by atoms with van der Waals surface area (Å²) in [6.07, 6.45) is 4.87. The lowest BCUT2D eigenvalue weighted by molar-refractivity contribution is -0.131. The van der Waals surface area contributed by atoms with Crippen molar-refractivity contribution >= 4 is 18.0 Å². The maximum atomic E-state index is 11.3. The molecule has 0 aliphatic heterocycles. The van der Waals surface area contributed by atoms with Crippen molar-refractivity contribution in [2.75, 3.05) is 13.1 Å². The van der Waals surface area contributed by atoms with Crippen molar-refractivity contribution in [1.82, 2.24) is 10.6 Å². The van der Waals surface area contributed by atoms with Gasteiger partial charge in [0.2, 0.25) is 5.91 Å². The number of hydrogen-bond donors (Lipinski definition) is 3. The van der Waals surface area contributed by atoms with Crippen LogP contribution < -0.4 is 10.6 Å². The molecule has 0 rings (SSSR count). The highest BCUT2D eigenvalue weighted by atomic mass is 16.6. The van der Waals surface area contributed by atoms with E-state index in [0.29, 0.717) is 13.1 Å². The van der Waals surface area contributed by atoms with E-state index in [0.717, 1.165) is 37.8 Å². The predicted molar refractivity (Wildman–Crippen MR) is 82.5 cm³/mol. The fourth-order valence-corrected chi connectivity index (χ4v) is 1.53. The zero-order valence-electron chi connectivity index (χ0n) is 13.5. The fraction of sp³-hybridized carbons (Fsp3) is 0.667. The van der Waals surface area contributed by atoms with E-state index in [1.54, 1.807) is 0 Å². The Morgan fingerprint density at radius 3 is 2.00 bits per heavy atom. The monoisotopic (exact) mass is 314 g/mol. The zero-order valence-corrected chi connectivity index (χ0v) is 13.5. The Morgan fingerprint density at radius 2 is 1.50 bits per heavy atom. The van der Waals surface area contributed by atoms with Crippen molar-refractivity contribution in [3.63, 3.8) is 0 Å². The summed E-state index contributed by atoms with van der Waals surface area (Å²) in [6.45, 7) is 6.50. The van der Waals surface area contributed by atoms with Crippen molar-refractivity contribution in [2.45, 2.75) is 52.1 Å². The van der Waals surface area contributed by atoms with Crippen LogP contribution in [0.5, 0.6) is 0 Å². The fourth-order valence-electron chi connectivity index (χ4n) is 1.53. The molecule has 0 radical (unpaired) electrons. The van der Waals surface area contributed by atoms with E-state index >= 15 is 0 Å². The van der Waals surface area contributed by atoms with Gasteiger partial charge in [0.05, 0.1) is 0 Å². The van der Waals surface area contributed by atoms with E-state index in [2.05, 4.69) is 10.6 Å². The topological polar surface area (TPSA) is 105 Å². The Morgan fingerprint density at radius 1 is 0.955 bits per heavy atom. The summed E-state index contributed by atoms with van der Waals surface area (Å²) >= 11 is 0. The third kappa shape index (κ3) is 14.4. The molecule has 3 N–H and O–H groups in total. The molecule has 7 heteroatoms. The van der Waals surface area contributed by atoms with Crippen LogP contribution in [0.2, 0.25) is 0 Å². The first-order valence-electron chi connectivity index (χ1n) is 7.36. The molecular formula is C15H26N2O5. The molecule has 0 aromatic rings. The Balaban J connectivity index is 3.46. The summed E-state index contributed by atoms with van der Waals surface area (Å²) in [5, 5.41) is 13.6. The smallest absolute Gasteiger partial charge is 0.407 e. The third-order valence-electron chi connectivity index (χ3n) is 2.45. The van der Waals surface area contributed by atoms with E-state index in [1.807, 2.05) is 20.8 Å². The summed E-state index contributed by atoms with van der Waals surface area (Å²) in [4.78, 5) is 32.7. The minimum atomic E-state index is -1.15. The van der Waals surface area contributed by atoms with Gasteiger partial charge in [-0.1, -0.05) is 12.8 Å². The van der Waals surface area contributed by atoms with E-state index in [1.165, 1.54) is 0 Å². The molecule has 2 amide bonds. The first-order valence-corrected chi connectivity index (χ1v) is 7.36. The molecule has 0 bridgehead atoms. The number of amides is 2. The standard InChI is InChI=1S/C15H26N2O5/c1-15(2,3)22-14(21)17-11-7-5-4-6-10-16-12(18)8-9-13(19)20/h8-9H,4-7,10-11H2,1-3H3,(H,16,18)(H,17,21)(H,19,20)/b9-8+. The van der Waals surface area contributed by atoms with Crippen LogP contribution in [0.25, 0.3) is 0 Å². The van der Waals surface area contributed by atoms with Gasteiger partial charge >= 0.3 is 12.1 Å². The Labute approximate surface area is 131 Å². The molecule has 0 aliphatic rings. The second-order valence-electron chi connectivity index (χ2n) is 5.81. The average molecular weight is 314 g/mol. The van der Waals surface area contributed by atoms with Gasteiger partial charge in [-0.15, -0.1) is 0 Å². The minimum absolute atomic E-state index is 0.408. The minimum Gasteiger partial charge on any atom is -0.478 e. The molecule has 0 aliphatic carbocycles. The zero-order chi connectivity index (χ0) is 17.0. The van der Waals surface area contributed by atoms with Gasteiger partial charge in [-0.05, 0) is 33.6 Å². The van der Waals surface area contributed by atoms with Crippen LogP contribution in [0, 0.1) is 0 Å². The number of carbonyl (C=O) groups is 3. The van der Waals surface area contributed by atoms with Crippen molar-refractivity contribution in [3.8, 4) is 0 Å². The Hall–Kier alpha value is -2.05. The van der Waals surface area contributed by atoms with Crippen LogP contribution in [0.15, 0.2) is 12.2 Å². The van der Waals surface area contributed by atoms with Gasteiger partial charge in [0, 0.05) is 25.2 Å². The number of carboxylic acid groups (broad SMARTS) is 1. The lowest BCUT2D eigenvalue weighted by Crippen LogP contribution is -2.33. The molecule has 0 spiro atoms. The summed E-state index contributed by atoms with van der Waals surface area (Å²) in [5.74, 6) is -1.55. The van der Waals surface area contributed by atoms with Crippen molar-refractivity contribution < 1.29 is 24.2 Å². The lowest BCUT2D eigenvalue weighted by atomic mass is 10.2. The molecule has 0 unspecified atom stereocenters. The van der Waals surface area contributed by atoms with Gasteiger partial charge < -0.3 is 20.5 Å². The number of carboxylic acids is 1. The van der Waals surface area contributed by atoms with Gasteiger partial charge in [-0.2, -0.15) is 0 Å². The van der Waals surface area contributed by atoms with Crippen molar-refractivity contribution in [2.24, 2.45) is 0 Å². The molecule has 0 saturated carbocycles. The van der Waals surface area contributed by atoms with Crippen molar-refractivity contribution in [1.29, 1.82) is 0 Å². The van der Waals surface area contributed by atoms with Crippen molar-refractivity contribution in [3.05, 3.63) is 12.2 Å². The highest BCUT2D eigenvalue weighted by Gasteiger charge is 2.15. The molecule has 0 heterocycles. The summed E-state index contributed by atoms with van der Waals surface area (Å²) in [7, 11) is 0. The Kier molecular flexibility index (Phi) is 9.65. The number of aliphatic carboxylic acids is 1. The van der Waals surface area contributed by atoms with Crippen LogP contribution in [-0.4, -0.2) is 41.8 Å². The lowest BCUT2D eigenvalue weighted by Gasteiger charge is -2.19. The van der Waals surface area contributed by atoms with Gasteiger partial charge in [0.1, 0.15) is 5.60 Å². The molecular weight excluding hydrogens is 288 g/mol. The summed E-state index contributed by atoms with van der Waals surface area (Å²) < 4.78 is 5.10. The molecule has 126 valence electrons. The van der Waals surface area contributed by atoms with E-state index in [4.69, 9.17) is 9.84 Å². The number of nitrogens with one attached hydrogen (secondary N) is 2. The highest BCUT2D eigenvalue weighted by molar-refractivity contribution is 5.93. The van der Waals surface area contributed by atoms with Crippen LogP contribution in [0.3, 0.4) is 0 Å². The number of hydrogen-bond acceptors (Lipinski definition) is 4. The third-order valence-corrected chi connectivity index (χ3v) is 2.45. The predicted octanol–water partition coefficient (Wildman–Crippen LogP) is 1.83. The van der Waals surface area contributed by atoms with E-state index < -0.39 is 23.6 Å². The first kappa shape index (κ1) is 19.9. The average Bonchev–Trinajstić information content (AvgIpc) is 2.37. The van der Waals surface area contributed by atoms with Gasteiger partial charge in [-0.25, -0.2) is 9.59 Å². The number of alkyl carbamates (subject to hydrolysis) is 1. The first-order chi connectivity index (χ1) is 10.2. The second-order valence-corrected chi connectivity index (χ2v) is 5.81. The van der Waals surface area contributed by atoms with Crippen LogP contribution in [0.4, 0.5) is 4.79 Å². The van der Waals surface area contributed by atoms with Gasteiger partial charge in [0.15, 0.2) is 0 Å². The van der Waals surface area contributed by atoms with Crippen LogP contribution >= 0.6 is 0 Å². The van der Waals surface area contributed by atoms with Gasteiger partial charge in [-0.3, -0.25) is 4.79 Å². The normalized spacial score (nSPS) is 11.2. The second kappa shape index (κ2) is 10.6. The molecule has 0 aromatic heterocycles. The number of rotatable bonds is 9. The molecule has 22 heavy (non-hydrogen) atoms. The van der Waals surface area contributed by atoms with E-state index in [-0.39, 0.29) is 0 Å². The maximum absolute atomic E-state index is 11.3. The van der Waals surface area contributed by atoms with Crippen LogP contribution in [-0.2, 0) is 14.3 Å². The van der Waals surface area contributed by atoms with E-state index in [9.17, 15) is 14.4 Å². The quantitative estimate of drug-likeness (QED) is 0.445. The molecule has 0 fully saturated rings. The number of carbonyl (C=O) groups excluding carboxylic acids is 2. The molecule has 0 atom stereocenters. The van der Waals surface area contributed by atoms with Gasteiger partial charge in [0.25, 0.3) is 0 Å². The molecule has 7 nitrogen and oxygen atoms in total. The maximum Gasteiger partial charge on any atom is 0.407 e. The summed E-state index contributed by atoms with van der Waals surface area (Å²) in [5.41, 5.74) is -0.489. The Bertz CT molecular complexity index is 399. The number of unbranched alkanes of at least 4 members (excludes halogenated alkanes) is 3. The largest absolute Gasteiger partial charge is 0.478 e. The van der Waals surface area contributed by atoms with Crippen LogP contribution in [0.1, 0.15) is 46.5 Å². The number of ether oxygens (including phenoxy) is 1. The SMILES string of the molecule is CC(C)(C)OC(=O)NCCCCCCNC(=O)/C=C/C(=O)O.